The summed E-state index contributed by atoms with van der Waals surface area (Å²) in [7, 11) is 0.198. The van der Waals surface area contributed by atoms with Crippen molar-refractivity contribution in [1.82, 2.24) is 0 Å². The molecule has 0 unspecified atom stereocenters. The molecule has 0 radical (unpaired) electrons. The second-order valence-electron chi connectivity index (χ2n) is 4.99. The van der Waals surface area contributed by atoms with Crippen LogP contribution in [0.1, 0.15) is 5.56 Å². The summed E-state index contributed by atoms with van der Waals surface area (Å²) in [4.78, 5) is 10.6. The lowest BCUT2D eigenvalue weighted by atomic mass is 10.2. The van der Waals surface area contributed by atoms with Gasteiger partial charge in [0.2, 0.25) is 0 Å². The highest BCUT2D eigenvalue weighted by Gasteiger charge is 2.21. The lowest BCUT2D eigenvalue weighted by molar-refractivity contribution is -0.385. The highest BCUT2D eigenvalue weighted by molar-refractivity contribution is 6.75. The summed E-state index contributed by atoms with van der Waals surface area (Å²) < 4.78 is 5.10. The average Bonchev–Trinajstić information content (AvgIpc) is 2.14. The molecule has 1 aromatic rings. The second-order valence-corrected chi connectivity index (χ2v) is 10.5. The molecule has 16 heavy (non-hydrogen) atoms. The molecular formula is C11H17NO3Si. The molecule has 0 fully saturated rings. The van der Waals surface area contributed by atoms with E-state index in [1.807, 2.05) is 0 Å². The number of rotatable bonds is 4. The van der Waals surface area contributed by atoms with Gasteiger partial charge >= 0.3 is 0 Å². The van der Waals surface area contributed by atoms with E-state index in [-0.39, 0.29) is 10.6 Å². The summed E-state index contributed by atoms with van der Waals surface area (Å²) in [5.74, 6) is 0.679. The van der Waals surface area contributed by atoms with Gasteiger partial charge in [-0.25, -0.2) is 0 Å². The highest BCUT2D eigenvalue weighted by Crippen LogP contribution is 2.26. The number of hydrogen-bond acceptors (Lipinski definition) is 3. The monoisotopic (exact) mass is 239 g/mol. The number of nitro groups is 1. The van der Waals surface area contributed by atoms with Crippen LogP contribution in [0.5, 0.6) is 5.75 Å². The van der Waals surface area contributed by atoms with Crippen LogP contribution in [0.4, 0.5) is 5.69 Å². The molecule has 88 valence electrons. The average molecular weight is 239 g/mol. The summed E-state index contributed by atoms with van der Waals surface area (Å²) in [5.41, 5.74) is 0.978. The van der Waals surface area contributed by atoms with Crippen LogP contribution in [0.3, 0.4) is 0 Å². The fourth-order valence-electron chi connectivity index (χ4n) is 1.58. The Hall–Kier alpha value is -1.36. The van der Waals surface area contributed by atoms with Crippen molar-refractivity contribution in [3.8, 4) is 5.75 Å². The largest absolute Gasteiger partial charge is 0.497 e. The molecule has 0 heterocycles. The lowest BCUT2D eigenvalue weighted by Crippen LogP contribution is -2.24. The normalized spacial score (nSPS) is 11.2. The summed E-state index contributed by atoms with van der Waals surface area (Å²) in [5, 5.41) is 10.9. The van der Waals surface area contributed by atoms with Crippen LogP contribution in [0.15, 0.2) is 18.2 Å². The van der Waals surface area contributed by atoms with E-state index in [1.165, 1.54) is 6.07 Å². The number of methoxy groups -OCH3 is 1. The maximum Gasteiger partial charge on any atom is 0.272 e. The predicted octanol–water partition coefficient (Wildman–Crippen LogP) is 3.02. The first-order chi connectivity index (χ1) is 7.33. The molecule has 0 saturated carbocycles. The summed E-state index contributed by atoms with van der Waals surface area (Å²) in [6, 6.07) is 5.72. The maximum absolute atomic E-state index is 10.9. The minimum atomic E-state index is -1.37. The quantitative estimate of drug-likeness (QED) is 0.461. The van der Waals surface area contributed by atoms with Gasteiger partial charge < -0.3 is 4.74 Å². The molecule has 0 bridgehead atoms. The maximum atomic E-state index is 10.9. The van der Waals surface area contributed by atoms with Crippen LogP contribution in [0, 0.1) is 10.1 Å². The van der Waals surface area contributed by atoms with Gasteiger partial charge in [-0.05, 0) is 18.2 Å². The third-order valence-electron chi connectivity index (χ3n) is 2.20. The van der Waals surface area contributed by atoms with E-state index in [2.05, 4.69) is 19.6 Å². The predicted molar refractivity (Wildman–Crippen MR) is 66.7 cm³/mol. The lowest BCUT2D eigenvalue weighted by Gasteiger charge is -2.16. The molecular weight excluding hydrogens is 222 g/mol. The van der Waals surface area contributed by atoms with E-state index in [0.717, 1.165) is 11.6 Å². The Bertz CT molecular complexity index is 399. The molecule has 0 aliphatic rings. The Morgan fingerprint density at radius 3 is 2.44 bits per heavy atom. The van der Waals surface area contributed by atoms with Gasteiger partial charge in [-0.2, -0.15) is 0 Å². The number of nitrogens with zero attached hydrogens (tertiary/aromatic N) is 1. The molecule has 0 N–H and O–H groups in total. The van der Waals surface area contributed by atoms with Crippen molar-refractivity contribution in [1.29, 1.82) is 0 Å². The smallest absolute Gasteiger partial charge is 0.272 e. The molecule has 1 aromatic carbocycles. The number of ether oxygens (including phenoxy) is 1. The van der Waals surface area contributed by atoms with Crippen molar-refractivity contribution in [2.24, 2.45) is 0 Å². The van der Waals surface area contributed by atoms with Crippen LogP contribution >= 0.6 is 0 Å². The molecule has 0 aliphatic carbocycles. The Balaban J connectivity index is 3.15. The van der Waals surface area contributed by atoms with E-state index in [1.54, 1.807) is 19.2 Å². The van der Waals surface area contributed by atoms with Crippen molar-refractivity contribution >= 4 is 13.8 Å². The minimum Gasteiger partial charge on any atom is -0.497 e. The first-order valence-electron chi connectivity index (χ1n) is 5.15. The van der Waals surface area contributed by atoms with Crippen LogP contribution in [-0.4, -0.2) is 20.1 Å². The zero-order chi connectivity index (χ0) is 12.3. The summed E-state index contributed by atoms with van der Waals surface area (Å²) in [6.07, 6.45) is 0. The van der Waals surface area contributed by atoms with Crippen molar-refractivity contribution in [2.45, 2.75) is 25.7 Å². The van der Waals surface area contributed by atoms with E-state index in [0.29, 0.717) is 5.75 Å². The number of benzene rings is 1. The van der Waals surface area contributed by atoms with Gasteiger partial charge in [0.15, 0.2) is 0 Å². The fraction of sp³-hybridized carbons (Fsp3) is 0.455. The van der Waals surface area contributed by atoms with E-state index in [9.17, 15) is 10.1 Å². The Kier molecular flexibility index (Phi) is 3.69. The topological polar surface area (TPSA) is 52.4 Å². The number of nitro benzene ring substituents is 1. The molecule has 0 spiro atoms. The van der Waals surface area contributed by atoms with E-state index < -0.39 is 8.07 Å². The SMILES string of the molecule is COc1ccc([N+](=O)[O-])c(C[Si](C)(C)C)c1. The zero-order valence-electron chi connectivity index (χ0n) is 10.1. The molecule has 0 aromatic heterocycles. The first-order valence-corrected chi connectivity index (χ1v) is 8.85. The first kappa shape index (κ1) is 12.7. The van der Waals surface area contributed by atoms with E-state index in [4.69, 9.17) is 4.74 Å². The molecule has 4 nitrogen and oxygen atoms in total. The molecule has 0 saturated heterocycles. The molecule has 0 amide bonds. The van der Waals surface area contributed by atoms with Gasteiger partial charge in [-0.1, -0.05) is 19.6 Å². The van der Waals surface area contributed by atoms with Crippen LogP contribution in [0.2, 0.25) is 19.6 Å². The van der Waals surface area contributed by atoms with Crippen LogP contribution in [-0.2, 0) is 6.04 Å². The van der Waals surface area contributed by atoms with Gasteiger partial charge in [0.1, 0.15) is 5.75 Å². The van der Waals surface area contributed by atoms with Crippen molar-refractivity contribution < 1.29 is 9.66 Å². The zero-order valence-corrected chi connectivity index (χ0v) is 11.1. The van der Waals surface area contributed by atoms with Crippen LogP contribution in [0.25, 0.3) is 0 Å². The molecule has 5 heteroatoms. The van der Waals surface area contributed by atoms with Crippen molar-refractivity contribution in [3.63, 3.8) is 0 Å². The van der Waals surface area contributed by atoms with Gasteiger partial charge in [0.05, 0.1) is 12.0 Å². The molecule has 0 atom stereocenters. The molecule has 1 rings (SSSR count). The molecule has 0 aliphatic heterocycles. The van der Waals surface area contributed by atoms with Crippen LogP contribution < -0.4 is 4.74 Å². The van der Waals surface area contributed by atoms with Gasteiger partial charge in [0.25, 0.3) is 5.69 Å². The summed E-state index contributed by atoms with van der Waals surface area (Å²) in [6.45, 7) is 6.57. The van der Waals surface area contributed by atoms with Gasteiger partial charge in [-0.15, -0.1) is 0 Å². The third-order valence-corrected chi connectivity index (χ3v) is 3.65. The van der Waals surface area contributed by atoms with E-state index >= 15 is 0 Å². The standard InChI is InChI=1S/C11H17NO3Si/c1-15-10-5-6-11(12(13)14)9(7-10)8-16(2,3)4/h5-7H,8H2,1-4H3. The highest BCUT2D eigenvalue weighted by atomic mass is 28.3. The van der Waals surface area contributed by atoms with Crippen molar-refractivity contribution in [2.75, 3.05) is 7.11 Å². The number of hydrogen-bond donors (Lipinski definition) is 0. The van der Waals surface area contributed by atoms with Crippen molar-refractivity contribution in [3.05, 3.63) is 33.9 Å². The Morgan fingerprint density at radius 2 is 2.00 bits per heavy atom. The van der Waals surface area contributed by atoms with Gasteiger partial charge in [0, 0.05) is 19.7 Å². The Morgan fingerprint density at radius 1 is 1.38 bits per heavy atom. The fourth-order valence-corrected chi connectivity index (χ4v) is 3.01. The minimum absolute atomic E-state index is 0.197. The van der Waals surface area contributed by atoms with Gasteiger partial charge in [-0.3, -0.25) is 10.1 Å². The second kappa shape index (κ2) is 4.65. The Labute approximate surface area is 96.4 Å². The summed E-state index contributed by atoms with van der Waals surface area (Å²) >= 11 is 0. The third kappa shape index (κ3) is 3.34.